The van der Waals surface area contributed by atoms with Crippen molar-refractivity contribution in [3.05, 3.63) is 28.8 Å². The van der Waals surface area contributed by atoms with Crippen molar-refractivity contribution in [2.75, 3.05) is 7.05 Å². The van der Waals surface area contributed by atoms with Crippen LogP contribution in [0.1, 0.15) is 5.56 Å². The van der Waals surface area contributed by atoms with Crippen molar-refractivity contribution in [3.63, 3.8) is 0 Å². The minimum atomic E-state index is -3.38. The number of hydrogen-bond donors (Lipinski definition) is 1. The van der Waals surface area contributed by atoms with Gasteiger partial charge in [-0.1, -0.05) is 11.6 Å². The van der Waals surface area contributed by atoms with Crippen molar-refractivity contribution < 1.29 is 8.42 Å². The molecule has 0 aliphatic carbocycles. The van der Waals surface area contributed by atoms with Gasteiger partial charge in [0.05, 0.1) is 4.90 Å². The van der Waals surface area contributed by atoms with Gasteiger partial charge < -0.3 is 0 Å². The molecule has 0 atom stereocenters. The molecule has 0 amide bonds. The van der Waals surface area contributed by atoms with Crippen LogP contribution in [0.25, 0.3) is 0 Å². The first kappa shape index (κ1) is 10.5. The third-order valence-corrected chi connectivity index (χ3v) is 3.21. The SMILES string of the molecule is CNS(=O)(=O)c1cc(C)cc(Cl)c1. The van der Waals surface area contributed by atoms with Gasteiger partial charge in [-0.2, -0.15) is 0 Å². The first-order valence-corrected chi connectivity index (χ1v) is 5.52. The van der Waals surface area contributed by atoms with Crippen LogP contribution >= 0.6 is 11.6 Å². The van der Waals surface area contributed by atoms with Crippen molar-refractivity contribution in [1.29, 1.82) is 0 Å². The highest BCUT2D eigenvalue weighted by Gasteiger charge is 2.11. The second-order valence-electron chi connectivity index (χ2n) is 2.67. The zero-order valence-corrected chi connectivity index (χ0v) is 8.91. The Kier molecular flexibility index (Phi) is 2.95. The van der Waals surface area contributed by atoms with Gasteiger partial charge in [0.2, 0.25) is 10.0 Å². The maximum absolute atomic E-state index is 11.3. The Morgan fingerprint density at radius 2 is 1.92 bits per heavy atom. The fourth-order valence-corrected chi connectivity index (χ4v) is 2.19. The van der Waals surface area contributed by atoms with Crippen molar-refractivity contribution >= 4 is 21.6 Å². The van der Waals surface area contributed by atoms with E-state index in [2.05, 4.69) is 4.72 Å². The molecule has 0 heterocycles. The van der Waals surface area contributed by atoms with Crippen LogP contribution in [-0.4, -0.2) is 15.5 Å². The molecule has 0 spiro atoms. The van der Waals surface area contributed by atoms with Gasteiger partial charge in [0.25, 0.3) is 0 Å². The molecule has 1 N–H and O–H groups in total. The molecular weight excluding hydrogens is 210 g/mol. The van der Waals surface area contributed by atoms with Crippen molar-refractivity contribution in [2.45, 2.75) is 11.8 Å². The topological polar surface area (TPSA) is 46.2 Å². The van der Waals surface area contributed by atoms with Crippen LogP contribution in [0.15, 0.2) is 23.1 Å². The summed E-state index contributed by atoms with van der Waals surface area (Å²) in [5.41, 5.74) is 0.821. The lowest BCUT2D eigenvalue weighted by atomic mass is 10.2. The van der Waals surface area contributed by atoms with Crippen molar-refractivity contribution in [2.24, 2.45) is 0 Å². The van der Waals surface area contributed by atoms with Gasteiger partial charge in [-0.05, 0) is 37.7 Å². The van der Waals surface area contributed by atoms with Crippen molar-refractivity contribution in [1.82, 2.24) is 4.72 Å². The maximum Gasteiger partial charge on any atom is 0.240 e. The lowest BCUT2D eigenvalue weighted by Gasteiger charge is -2.03. The second-order valence-corrected chi connectivity index (χ2v) is 4.99. The highest BCUT2D eigenvalue weighted by atomic mass is 35.5. The predicted octanol–water partition coefficient (Wildman–Crippen LogP) is 1.56. The summed E-state index contributed by atoms with van der Waals surface area (Å²) in [7, 11) is -2.01. The van der Waals surface area contributed by atoms with Gasteiger partial charge in [-0.15, -0.1) is 0 Å². The van der Waals surface area contributed by atoms with E-state index in [0.29, 0.717) is 5.02 Å². The number of halogens is 1. The average molecular weight is 220 g/mol. The Bertz CT molecular complexity index is 394. The number of rotatable bonds is 2. The molecule has 0 fully saturated rings. The molecule has 3 nitrogen and oxygen atoms in total. The fraction of sp³-hybridized carbons (Fsp3) is 0.250. The van der Waals surface area contributed by atoms with E-state index < -0.39 is 10.0 Å². The van der Waals surface area contributed by atoms with E-state index in [4.69, 9.17) is 11.6 Å². The summed E-state index contributed by atoms with van der Waals surface area (Å²) in [5, 5.41) is 0.425. The van der Waals surface area contributed by atoms with Crippen LogP contribution in [0, 0.1) is 6.92 Å². The normalized spacial score (nSPS) is 11.6. The molecule has 0 saturated carbocycles. The number of aryl methyl sites for hydroxylation is 1. The Labute approximate surface area is 82.8 Å². The minimum Gasteiger partial charge on any atom is -0.214 e. The van der Waals surface area contributed by atoms with Gasteiger partial charge in [-0.3, -0.25) is 0 Å². The quantitative estimate of drug-likeness (QED) is 0.821. The lowest BCUT2D eigenvalue weighted by molar-refractivity contribution is 0.588. The van der Waals surface area contributed by atoms with Gasteiger partial charge >= 0.3 is 0 Å². The molecular formula is C8H10ClNO2S. The lowest BCUT2D eigenvalue weighted by Crippen LogP contribution is -2.18. The molecule has 0 aliphatic heterocycles. The largest absolute Gasteiger partial charge is 0.240 e. The zero-order valence-electron chi connectivity index (χ0n) is 7.33. The van der Waals surface area contributed by atoms with E-state index in [1.165, 1.54) is 13.1 Å². The van der Waals surface area contributed by atoms with Gasteiger partial charge in [-0.25, -0.2) is 13.1 Å². The third-order valence-electron chi connectivity index (χ3n) is 1.59. The Balaban J connectivity index is 3.32. The molecule has 1 aromatic carbocycles. The molecule has 0 bridgehead atoms. The Morgan fingerprint density at radius 3 is 2.38 bits per heavy atom. The standard InChI is InChI=1S/C8H10ClNO2S/c1-6-3-7(9)5-8(4-6)13(11,12)10-2/h3-5,10H,1-2H3. The van der Waals surface area contributed by atoms with Gasteiger partial charge in [0, 0.05) is 5.02 Å². The maximum atomic E-state index is 11.3. The summed E-state index contributed by atoms with van der Waals surface area (Å²) >= 11 is 5.72. The molecule has 0 aliphatic rings. The van der Waals surface area contributed by atoms with Crippen LogP contribution in [0.2, 0.25) is 5.02 Å². The summed E-state index contributed by atoms with van der Waals surface area (Å²) in [6.07, 6.45) is 0. The molecule has 5 heteroatoms. The van der Waals surface area contributed by atoms with E-state index in [-0.39, 0.29) is 4.90 Å². The summed E-state index contributed by atoms with van der Waals surface area (Å²) in [4.78, 5) is 0.194. The first-order valence-electron chi connectivity index (χ1n) is 3.66. The predicted molar refractivity (Wildman–Crippen MR) is 52.4 cm³/mol. The van der Waals surface area contributed by atoms with E-state index in [1.807, 2.05) is 0 Å². The van der Waals surface area contributed by atoms with Gasteiger partial charge in [0.15, 0.2) is 0 Å². The van der Waals surface area contributed by atoms with E-state index in [9.17, 15) is 8.42 Å². The average Bonchev–Trinajstić information content (AvgIpc) is 2.02. The summed E-state index contributed by atoms with van der Waals surface area (Å²) in [5.74, 6) is 0. The summed E-state index contributed by atoms with van der Waals surface area (Å²) in [6.45, 7) is 1.79. The Morgan fingerprint density at radius 1 is 1.31 bits per heavy atom. The molecule has 13 heavy (non-hydrogen) atoms. The Hall–Kier alpha value is -0.580. The van der Waals surface area contributed by atoms with Crippen LogP contribution in [-0.2, 0) is 10.0 Å². The fourth-order valence-electron chi connectivity index (χ4n) is 0.976. The monoisotopic (exact) mass is 219 g/mol. The third kappa shape index (κ3) is 2.43. The summed E-state index contributed by atoms with van der Waals surface area (Å²) < 4.78 is 24.9. The van der Waals surface area contributed by atoms with Crippen LogP contribution in [0.3, 0.4) is 0 Å². The van der Waals surface area contributed by atoms with E-state index in [1.54, 1.807) is 19.1 Å². The van der Waals surface area contributed by atoms with Crippen LogP contribution in [0.4, 0.5) is 0 Å². The van der Waals surface area contributed by atoms with E-state index in [0.717, 1.165) is 5.56 Å². The smallest absolute Gasteiger partial charge is 0.214 e. The zero-order chi connectivity index (χ0) is 10.1. The number of sulfonamides is 1. The number of hydrogen-bond acceptors (Lipinski definition) is 2. The highest BCUT2D eigenvalue weighted by Crippen LogP contribution is 2.17. The molecule has 0 unspecified atom stereocenters. The molecule has 0 aromatic heterocycles. The first-order chi connectivity index (χ1) is 5.95. The van der Waals surface area contributed by atoms with Crippen molar-refractivity contribution in [3.8, 4) is 0 Å². The van der Waals surface area contributed by atoms with Crippen LogP contribution < -0.4 is 4.72 Å². The van der Waals surface area contributed by atoms with Gasteiger partial charge in [0.1, 0.15) is 0 Å². The second kappa shape index (κ2) is 3.65. The van der Waals surface area contributed by atoms with Crippen LogP contribution in [0.5, 0.6) is 0 Å². The number of nitrogens with one attached hydrogen (secondary N) is 1. The molecule has 0 radical (unpaired) electrons. The molecule has 72 valence electrons. The molecule has 1 aromatic rings. The highest BCUT2D eigenvalue weighted by molar-refractivity contribution is 7.89. The summed E-state index contributed by atoms with van der Waals surface area (Å²) in [6, 6.07) is 4.69. The minimum absolute atomic E-state index is 0.194. The molecule has 1 rings (SSSR count). The molecule has 0 saturated heterocycles. The number of benzene rings is 1. The van der Waals surface area contributed by atoms with E-state index >= 15 is 0 Å².